The minimum Gasteiger partial charge on any atom is -0.508 e. The minimum absolute atomic E-state index is 0.0362. The van der Waals surface area contributed by atoms with Crippen molar-refractivity contribution in [1.82, 2.24) is 0 Å². The molecule has 6 nitrogen and oxygen atoms in total. The normalized spacial score (nSPS) is 11.8. The summed E-state index contributed by atoms with van der Waals surface area (Å²) in [4.78, 5) is 38.8. The number of carbonyl (C=O) groups is 3. The van der Waals surface area contributed by atoms with E-state index in [4.69, 9.17) is 9.47 Å². The molecule has 0 radical (unpaired) electrons. The first kappa shape index (κ1) is 28.6. The van der Waals surface area contributed by atoms with Crippen LogP contribution in [-0.4, -0.2) is 28.2 Å². The second-order valence-corrected chi connectivity index (χ2v) is 11.9. The number of Topliss-reactive ketones (excluding diaryl/α,β-unsaturated/α-hetero) is 2. The summed E-state index contributed by atoms with van der Waals surface area (Å²) in [5.74, 6) is 0.388. The van der Waals surface area contributed by atoms with Crippen LogP contribution in [0.2, 0.25) is 0 Å². The Bertz CT molecular complexity index is 1840. The van der Waals surface area contributed by atoms with Crippen LogP contribution < -0.4 is 9.47 Å². The highest BCUT2D eigenvalue weighted by molar-refractivity contribution is 6.05. The van der Waals surface area contributed by atoms with Crippen LogP contribution in [0.3, 0.4) is 0 Å². The number of rotatable bonds is 7. The van der Waals surface area contributed by atoms with Crippen LogP contribution >= 0.6 is 0 Å². The summed E-state index contributed by atoms with van der Waals surface area (Å²) in [7, 11) is 0. The van der Waals surface area contributed by atoms with Crippen molar-refractivity contribution < 1.29 is 29.0 Å². The van der Waals surface area contributed by atoms with Crippen molar-refractivity contribution in [3.8, 4) is 17.2 Å². The van der Waals surface area contributed by atoms with Crippen LogP contribution in [0.1, 0.15) is 65.7 Å². The van der Waals surface area contributed by atoms with Gasteiger partial charge in [0.05, 0.1) is 5.56 Å². The monoisotopic (exact) mass is 560 g/mol. The van der Waals surface area contributed by atoms with E-state index in [0.29, 0.717) is 28.2 Å². The smallest absolute Gasteiger partial charge is 0.343 e. The summed E-state index contributed by atoms with van der Waals surface area (Å²) in [5.41, 5.74) is -0.167. The highest BCUT2D eigenvalue weighted by Crippen LogP contribution is 2.29. The Morgan fingerprint density at radius 1 is 0.548 bits per heavy atom. The fraction of sp³-hybridized carbons (Fsp3) is 0.194. The number of fused-ring (bicyclic) bond motifs is 2. The van der Waals surface area contributed by atoms with Crippen LogP contribution in [0.4, 0.5) is 0 Å². The zero-order chi connectivity index (χ0) is 30.2. The number of aromatic hydroxyl groups is 1. The highest BCUT2D eigenvalue weighted by atomic mass is 16.5. The molecule has 42 heavy (non-hydrogen) atoms. The fourth-order valence-corrected chi connectivity index (χ4v) is 4.75. The van der Waals surface area contributed by atoms with Gasteiger partial charge in [-0.1, -0.05) is 51.1 Å². The van der Waals surface area contributed by atoms with Gasteiger partial charge in [-0.2, -0.15) is 0 Å². The summed E-state index contributed by atoms with van der Waals surface area (Å²) in [6, 6.07) is 27.5. The molecule has 0 fully saturated rings. The predicted molar refractivity (Wildman–Crippen MR) is 164 cm³/mol. The molecule has 0 heterocycles. The van der Waals surface area contributed by atoms with Gasteiger partial charge >= 0.3 is 5.97 Å². The van der Waals surface area contributed by atoms with Crippen molar-refractivity contribution >= 4 is 39.1 Å². The van der Waals surface area contributed by atoms with Crippen molar-refractivity contribution in [3.05, 3.63) is 114 Å². The van der Waals surface area contributed by atoms with E-state index < -0.39 is 17.0 Å². The van der Waals surface area contributed by atoms with E-state index in [1.54, 1.807) is 105 Å². The van der Waals surface area contributed by atoms with E-state index >= 15 is 0 Å². The SMILES string of the molecule is CC(C)(C)C(=O)c1ccc(OC(C)(C)C(=O)c2ccc3cc(OC(=O)c4ccc5cc(O)ccc5c4)ccc3c2)cc1. The third kappa shape index (κ3) is 6.03. The summed E-state index contributed by atoms with van der Waals surface area (Å²) >= 11 is 0. The lowest BCUT2D eigenvalue weighted by molar-refractivity contribution is 0.0584. The lowest BCUT2D eigenvalue weighted by Crippen LogP contribution is -2.38. The van der Waals surface area contributed by atoms with Crippen LogP contribution in [0.25, 0.3) is 21.5 Å². The largest absolute Gasteiger partial charge is 0.508 e. The van der Waals surface area contributed by atoms with Crippen LogP contribution in [-0.2, 0) is 0 Å². The van der Waals surface area contributed by atoms with E-state index in [2.05, 4.69) is 0 Å². The van der Waals surface area contributed by atoms with Gasteiger partial charge in [0.15, 0.2) is 11.4 Å². The fourth-order valence-electron chi connectivity index (χ4n) is 4.75. The predicted octanol–water partition coefficient (Wildman–Crippen LogP) is 8.19. The van der Waals surface area contributed by atoms with Gasteiger partial charge in [-0.05, 0) is 102 Å². The Kier molecular flexibility index (Phi) is 7.33. The van der Waals surface area contributed by atoms with Gasteiger partial charge in [0.1, 0.15) is 17.2 Å². The topological polar surface area (TPSA) is 89.9 Å². The average molecular weight is 561 g/mol. The molecule has 5 rings (SSSR count). The zero-order valence-corrected chi connectivity index (χ0v) is 24.2. The van der Waals surface area contributed by atoms with Gasteiger partial charge in [-0.3, -0.25) is 9.59 Å². The zero-order valence-electron chi connectivity index (χ0n) is 24.2. The molecule has 0 aliphatic rings. The molecule has 0 aromatic heterocycles. The second kappa shape index (κ2) is 10.8. The molecule has 0 amide bonds. The van der Waals surface area contributed by atoms with E-state index in [-0.39, 0.29) is 17.3 Å². The number of phenols is 1. The van der Waals surface area contributed by atoms with Gasteiger partial charge in [-0.15, -0.1) is 0 Å². The molecule has 0 saturated carbocycles. The average Bonchev–Trinajstić information content (AvgIpc) is 2.95. The second-order valence-electron chi connectivity index (χ2n) is 11.9. The maximum absolute atomic E-state index is 13.4. The number of ketones is 2. The molecule has 1 N–H and O–H groups in total. The number of carbonyl (C=O) groups excluding carboxylic acids is 3. The van der Waals surface area contributed by atoms with E-state index in [1.807, 2.05) is 26.8 Å². The molecule has 6 heteroatoms. The molecule has 0 spiro atoms. The third-order valence-corrected chi connectivity index (χ3v) is 7.06. The van der Waals surface area contributed by atoms with Crippen molar-refractivity contribution in [1.29, 1.82) is 0 Å². The maximum Gasteiger partial charge on any atom is 0.343 e. The third-order valence-electron chi connectivity index (χ3n) is 7.06. The summed E-state index contributed by atoms with van der Waals surface area (Å²) in [6.07, 6.45) is 0. The number of ether oxygens (including phenoxy) is 2. The lowest BCUT2D eigenvalue weighted by atomic mass is 9.86. The van der Waals surface area contributed by atoms with E-state index in [0.717, 1.165) is 21.5 Å². The van der Waals surface area contributed by atoms with Gasteiger partial charge < -0.3 is 14.6 Å². The molecule has 5 aromatic carbocycles. The molecule has 212 valence electrons. The molecule has 0 aliphatic heterocycles. The van der Waals surface area contributed by atoms with Crippen molar-refractivity contribution in [2.45, 2.75) is 40.2 Å². The molecule has 0 aliphatic carbocycles. The highest BCUT2D eigenvalue weighted by Gasteiger charge is 2.31. The van der Waals surface area contributed by atoms with Gasteiger partial charge in [0, 0.05) is 16.5 Å². The molecular formula is C36H32O6. The molecule has 5 aromatic rings. The summed E-state index contributed by atoms with van der Waals surface area (Å²) < 4.78 is 11.7. The van der Waals surface area contributed by atoms with Gasteiger partial charge in [0.25, 0.3) is 0 Å². The number of benzene rings is 5. The standard InChI is InChI=1S/C36H32O6/c1-35(2,3)32(38)22-11-15-30(16-12-22)42-36(4,5)33(39)27-8-6-26-21-31(17-13-24(26)18-27)41-34(40)28-9-7-25-20-29(37)14-10-23(25)19-28/h6-21,37H,1-5H3. The van der Waals surface area contributed by atoms with Crippen molar-refractivity contribution in [2.24, 2.45) is 5.41 Å². The van der Waals surface area contributed by atoms with Gasteiger partial charge in [-0.25, -0.2) is 4.79 Å². The number of esters is 1. The Hall–Kier alpha value is -4.97. The van der Waals surface area contributed by atoms with E-state index in [1.165, 1.54) is 0 Å². The number of hydrogen-bond acceptors (Lipinski definition) is 6. The van der Waals surface area contributed by atoms with Crippen LogP contribution in [0, 0.1) is 5.41 Å². The first-order chi connectivity index (χ1) is 19.8. The molecule has 0 saturated heterocycles. The molecular weight excluding hydrogens is 528 g/mol. The molecule has 0 unspecified atom stereocenters. The maximum atomic E-state index is 13.4. The van der Waals surface area contributed by atoms with Crippen molar-refractivity contribution in [2.75, 3.05) is 0 Å². The Morgan fingerprint density at radius 2 is 1.05 bits per heavy atom. The first-order valence-electron chi connectivity index (χ1n) is 13.7. The Labute approximate surface area is 244 Å². The molecule has 0 bridgehead atoms. The Balaban J connectivity index is 1.29. The number of hydrogen-bond donors (Lipinski definition) is 1. The summed E-state index contributed by atoms with van der Waals surface area (Å²) in [6.45, 7) is 9.05. The van der Waals surface area contributed by atoms with Crippen LogP contribution in [0.5, 0.6) is 17.2 Å². The van der Waals surface area contributed by atoms with E-state index in [9.17, 15) is 19.5 Å². The minimum atomic E-state index is -1.16. The van der Waals surface area contributed by atoms with Crippen LogP contribution in [0.15, 0.2) is 97.1 Å². The Morgan fingerprint density at radius 3 is 1.71 bits per heavy atom. The number of phenolic OH excluding ortho intramolecular Hbond substituents is 1. The lowest BCUT2D eigenvalue weighted by Gasteiger charge is -2.25. The summed E-state index contributed by atoms with van der Waals surface area (Å²) in [5, 5.41) is 12.9. The quantitative estimate of drug-likeness (QED) is 0.123. The van der Waals surface area contributed by atoms with Crippen molar-refractivity contribution in [3.63, 3.8) is 0 Å². The van der Waals surface area contributed by atoms with Gasteiger partial charge in [0.2, 0.25) is 5.78 Å². The molecule has 0 atom stereocenters. The first-order valence-corrected chi connectivity index (χ1v) is 13.7.